The molecule has 1 aliphatic rings. The summed E-state index contributed by atoms with van der Waals surface area (Å²) in [5, 5.41) is 7.19. The van der Waals surface area contributed by atoms with Gasteiger partial charge in [0.2, 0.25) is 0 Å². The predicted molar refractivity (Wildman–Crippen MR) is 79.2 cm³/mol. The Morgan fingerprint density at radius 3 is 2.67 bits per heavy atom. The van der Waals surface area contributed by atoms with Crippen molar-refractivity contribution in [3.8, 4) is 0 Å². The Bertz CT molecular complexity index is 406. The van der Waals surface area contributed by atoms with Gasteiger partial charge in [-0.1, -0.05) is 39.8 Å². The van der Waals surface area contributed by atoms with E-state index in [9.17, 15) is 0 Å². The second-order valence-electron chi connectivity index (χ2n) is 5.97. The first-order valence-corrected chi connectivity index (χ1v) is 7.18. The second-order valence-corrected chi connectivity index (χ2v) is 5.97. The standard InChI is InChI=1S/C16H26N2/c1-5-13(6-2)17-10-12-8-7-9-14-15(12)16(3,4)11-18-14/h7-9,13,17-18H,5-6,10-11H2,1-4H3. The average molecular weight is 246 g/mol. The highest BCUT2D eigenvalue weighted by atomic mass is 14.9. The summed E-state index contributed by atoms with van der Waals surface area (Å²) in [6.45, 7) is 11.2. The highest BCUT2D eigenvalue weighted by molar-refractivity contribution is 5.62. The molecule has 1 aliphatic heterocycles. The van der Waals surface area contributed by atoms with Crippen LogP contribution in [-0.2, 0) is 12.0 Å². The molecule has 0 unspecified atom stereocenters. The number of hydrogen-bond acceptors (Lipinski definition) is 2. The second kappa shape index (κ2) is 5.31. The van der Waals surface area contributed by atoms with E-state index in [0.717, 1.165) is 13.1 Å². The average Bonchev–Trinajstić information content (AvgIpc) is 2.68. The van der Waals surface area contributed by atoms with E-state index in [-0.39, 0.29) is 5.41 Å². The lowest BCUT2D eigenvalue weighted by Gasteiger charge is -2.22. The number of anilines is 1. The van der Waals surface area contributed by atoms with Crippen LogP contribution in [0, 0.1) is 0 Å². The van der Waals surface area contributed by atoms with E-state index in [1.807, 2.05) is 0 Å². The first-order valence-electron chi connectivity index (χ1n) is 7.18. The van der Waals surface area contributed by atoms with E-state index in [1.165, 1.54) is 29.7 Å². The summed E-state index contributed by atoms with van der Waals surface area (Å²) in [6.07, 6.45) is 2.40. The molecule has 0 atom stereocenters. The molecule has 2 rings (SSSR count). The zero-order valence-electron chi connectivity index (χ0n) is 12.1. The molecule has 2 heteroatoms. The van der Waals surface area contributed by atoms with E-state index in [1.54, 1.807) is 0 Å². The minimum atomic E-state index is 0.252. The summed E-state index contributed by atoms with van der Waals surface area (Å²) in [6, 6.07) is 7.27. The monoisotopic (exact) mass is 246 g/mol. The Morgan fingerprint density at radius 1 is 1.28 bits per heavy atom. The van der Waals surface area contributed by atoms with Gasteiger partial charge in [-0.05, 0) is 30.0 Å². The van der Waals surface area contributed by atoms with Crippen LogP contribution in [0.5, 0.6) is 0 Å². The van der Waals surface area contributed by atoms with Crippen LogP contribution in [0.2, 0.25) is 0 Å². The molecule has 0 aromatic heterocycles. The summed E-state index contributed by atoms with van der Waals surface area (Å²) in [5.41, 5.74) is 4.53. The molecule has 2 N–H and O–H groups in total. The van der Waals surface area contributed by atoms with Crippen molar-refractivity contribution in [3.05, 3.63) is 29.3 Å². The third kappa shape index (κ3) is 2.54. The topological polar surface area (TPSA) is 24.1 Å². The van der Waals surface area contributed by atoms with E-state index in [2.05, 4.69) is 56.5 Å². The maximum absolute atomic E-state index is 3.68. The van der Waals surface area contributed by atoms with E-state index in [4.69, 9.17) is 0 Å². The molecule has 0 spiro atoms. The summed E-state index contributed by atoms with van der Waals surface area (Å²) >= 11 is 0. The van der Waals surface area contributed by atoms with Crippen molar-refractivity contribution in [3.63, 3.8) is 0 Å². The lowest BCUT2D eigenvalue weighted by Crippen LogP contribution is -2.28. The molecule has 2 nitrogen and oxygen atoms in total. The van der Waals surface area contributed by atoms with Crippen molar-refractivity contribution >= 4 is 5.69 Å². The fourth-order valence-electron chi connectivity index (χ4n) is 2.93. The van der Waals surface area contributed by atoms with Crippen molar-refractivity contribution < 1.29 is 0 Å². The van der Waals surface area contributed by atoms with Gasteiger partial charge in [-0.25, -0.2) is 0 Å². The van der Waals surface area contributed by atoms with Crippen LogP contribution in [0.1, 0.15) is 51.7 Å². The molecule has 0 amide bonds. The number of hydrogen-bond donors (Lipinski definition) is 2. The van der Waals surface area contributed by atoms with E-state index >= 15 is 0 Å². The third-order valence-corrected chi connectivity index (χ3v) is 4.12. The van der Waals surface area contributed by atoms with Gasteiger partial charge in [0.05, 0.1) is 0 Å². The molecular weight excluding hydrogens is 220 g/mol. The zero-order valence-corrected chi connectivity index (χ0v) is 12.1. The molecule has 1 aromatic carbocycles. The van der Waals surface area contributed by atoms with E-state index < -0.39 is 0 Å². The van der Waals surface area contributed by atoms with Crippen LogP contribution in [0.4, 0.5) is 5.69 Å². The molecule has 18 heavy (non-hydrogen) atoms. The lowest BCUT2D eigenvalue weighted by atomic mass is 9.83. The number of benzene rings is 1. The van der Waals surface area contributed by atoms with Crippen LogP contribution in [0.15, 0.2) is 18.2 Å². The summed E-state index contributed by atoms with van der Waals surface area (Å²) < 4.78 is 0. The Hall–Kier alpha value is -1.02. The first kappa shape index (κ1) is 13.4. The minimum absolute atomic E-state index is 0.252. The van der Waals surface area contributed by atoms with Gasteiger partial charge in [-0.2, -0.15) is 0 Å². The smallest absolute Gasteiger partial charge is 0.0382 e. The number of nitrogens with one attached hydrogen (secondary N) is 2. The quantitative estimate of drug-likeness (QED) is 0.828. The Kier molecular flexibility index (Phi) is 3.96. The fourth-order valence-corrected chi connectivity index (χ4v) is 2.93. The first-order chi connectivity index (χ1) is 8.58. The molecule has 100 valence electrons. The zero-order chi connectivity index (χ0) is 13.2. The number of rotatable bonds is 5. The molecule has 0 aliphatic carbocycles. The largest absolute Gasteiger partial charge is 0.384 e. The Morgan fingerprint density at radius 2 is 2.00 bits per heavy atom. The van der Waals surface area contributed by atoms with Gasteiger partial charge in [0.1, 0.15) is 0 Å². The molecule has 0 fully saturated rings. The maximum Gasteiger partial charge on any atom is 0.0382 e. The van der Waals surface area contributed by atoms with Gasteiger partial charge in [0.15, 0.2) is 0 Å². The normalized spacial score (nSPS) is 16.7. The highest BCUT2D eigenvalue weighted by Gasteiger charge is 2.31. The SMILES string of the molecule is CCC(CC)NCc1cccc2c1C(C)(C)CN2. The van der Waals surface area contributed by atoms with Crippen molar-refractivity contribution in [2.45, 2.75) is 58.5 Å². The summed E-state index contributed by atoms with van der Waals surface area (Å²) in [5.74, 6) is 0. The van der Waals surface area contributed by atoms with Crippen LogP contribution in [0.3, 0.4) is 0 Å². The molecular formula is C16H26N2. The molecule has 1 aromatic rings. The summed E-state index contributed by atoms with van der Waals surface area (Å²) in [4.78, 5) is 0. The fraction of sp³-hybridized carbons (Fsp3) is 0.625. The van der Waals surface area contributed by atoms with Crippen molar-refractivity contribution in [2.75, 3.05) is 11.9 Å². The van der Waals surface area contributed by atoms with Crippen LogP contribution >= 0.6 is 0 Å². The number of fused-ring (bicyclic) bond motifs is 1. The predicted octanol–water partition coefficient (Wildman–Crippen LogP) is 3.67. The van der Waals surface area contributed by atoms with Gasteiger partial charge < -0.3 is 10.6 Å². The molecule has 0 saturated carbocycles. The highest BCUT2D eigenvalue weighted by Crippen LogP contribution is 2.38. The van der Waals surface area contributed by atoms with Gasteiger partial charge in [0.25, 0.3) is 0 Å². The maximum atomic E-state index is 3.68. The van der Waals surface area contributed by atoms with Crippen molar-refractivity contribution in [1.82, 2.24) is 5.32 Å². The molecule has 1 heterocycles. The van der Waals surface area contributed by atoms with Crippen molar-refractivity contribution in [1.29, 1.82) is 0 Å². The lowest BCUT2D eigenvalue weighted by molar-refractivity contribution is 0.479. The Labute approximate surface area is 111 Å². The molecule has 0 saturated heterocycles. The van der Waals surface area contributed by atoms with Gasteiger partial charge in [0, 0.05) is 30.2 Å². The van der Waals surface area contributed by atoms with Gasteiger partial charge >= 0.3 is 0 Å². The minimum Gasteiger partial charge on any atom is -0.384 e. The van der Waals surface area contributed by atoms with E-state index in [0.29, 0.717) is 6.04 Å². The molecule has 0 bridgehead atoms. The van der Waals surface area contributed by atoms with Gasteiger partial charge in [-0.15, -0.1) is 0 Å². The Balaban J connectivity index is 2.17. The third-order valence-electron chi connectivity index (χ3n) is 4.12. The van der Waals surface area contributed by atoms with Gasteiger partial charge in [-0.3, -0.25) is 0 Å². The van der Waals surface area contributed by atoms with Crippen LogP contribution < -0.4 is 10.6 Å². The molecule has 0 radical (unpaired) electrons. The summed E-state index contributed by atoms with van der Waals surface area (Å²) in [7, 11) is 0. The van der Waals surface area contributed by atoms with Crippen LogP contribution in [0.25, 0.3) is 0 Å². The van der Waals surface area contributed by atoms with Crippen molar-refractivity contribution in [2.24, 2.45) is 0 Å². The van der Waals surface area contributed by atoms with Crippen LogP contribution in [-0.4, -0.2) is 12.6 Å².